The van der Waals surface area contributed by atoms with Gasteiger partial charge in [-0.3, -0.25) is 0 Å². The molecule has 25 heavy (non-hydrogen) atoms. The molecular formula is C21H14Cl2NY. The van der Waals surface area contributed by atoms with E-state index >= 15 is 0 Å². The third-order valence-electron chi connectivity index (χ3n) is 4.81. The molecule has 0 saturated carbocycles. The second-order valence-corrected chi connectivity index (χ2v) is 7.59. The van der Waals surface area contributed by atoms with Gasteiger partial charge in [0.05, 0.1) is 0 Å². The van der Waals surface area contributed by atoms with Crippen molar-refractivity contribution in [3.63, 3.8) is 0 Å². The molecule has 0 unspecified atom stereocenters. The number of hydrogen-bond donors (Lipinski definition) is 0. The first kappa shape index (κ1) is 18.7. The summed E-state index contributed by atoms with van der Waals surface area (Å²) in [6, 6.07) is 26.3. The fourth-order valence-electron chi connectivity index (χ4n) is 3.81. The van der Waals surface area contributed by atoms with Gasteiger partial charge in [0.1, 0.15) is 0 Å². The van der Waals surface area contributed by atoms with Gasteiger partial charge in [-0.15, -0.1) is 0 Å². The van der Waals surface area contributed by atoms with Crippen LogP contribution in [-0.2, 0) is 37.4 Å². The van der Waals surface area contributed by atoms with E-state index in [9.17, 15) is 0 Å². The Labute approximate surface area is 179 Å². The quantitative estimate of drug-likeness (QED) is 0.296. The number of fused-ring (bicyclic) bond motifs is 5. The van der Waals surface area contributed by atoms with Crippen LogP contribution in [0.25, 0.3) is 27.8 Å². The number of benzene rings is 3. The maximum absolute atomic E-state index is 2.44. The van der Waals surface area contributed by atoms with Gasteiger partial charge in [-0.25, -0.2) is 0 Å². The van der Waals surface area contributed by atoms with Crippen molar-refractivity contribution in [2.45, 2.75) is 6.42 Å². The minimum absolute atomic E-state index is 0. The molecule has 1 aliphatic rings. The Morgan fingerprint density at radius 1 is 0.720 bits per heavy atom. The molecule has 0 amide bonds. The summed E-state index contributed by atoms with van der Waals surface area (Å²) in [7, 11) is 0. The van der Waals surface area contributed by atoms with Crippen LogP contribution in [0.3, 0.4) is 0 Å². The SMILES string of the molecule is [Cl-].[Cl-].[Y+2][c]1cccc2c1Cc1c-2n(-c2ccccc2)c2ccccc12. The predicted octanol–water partition coefficient (Wildman–Crippen LogP) is -1.62. The number of aromatic nitrogens is 1. The number of hydrogen-bond acceptors (Lipinski definition) is 0. The second-order valence-electron chi connectivity index (χ2n) is 6.07. The van der Waals surface area contributed by atoms with Crippen molar-refractivity contribution in [1.82, 2.24) is 4.57 Å². The summed E-state index contributed by atoms with van der Waals surface area (Å²) >= 11 is 1.18. The van der Waals surface area contributed by atoms with Gasteiger partial charge in [0.25, 0.3) is 0 Å². The van der Waals surface area contributed by atoms with Crippen molar-refractivity contribution in [2.75, 3.05) is 0 Å². The van der Waals surface area contributed by atoms with Gasteiger partial charge >= 0.3 is 156 Å². The van der Waals surface area contributed by atoms with Gasteiger partial charge in [-0.1, -0.05) is 0 Å². The standard InChI is InChI=1S/C21H14N.2ClH.Y/c1-2-9-16(10-3-1)22-20-13-7-6-12-18(20)19-14-15-8-4-5-11-17(15)21(19)22;;;/h1-7,9-13H,14H2;2*1H;/q;;;+2/p-2. The molecule has 0 bridgehead atoms. The van der Waals surface area contributed by atoms with Crippen LogP contribution in [0.2, 0.25) is 0 Å². The molecule has 1 heterocycles. The molecule has 0 N–H and O–H groups in total. The Balaban J connectivity index is 0.000000911. The van der Waals surface area contributed by atoms with E-state index < -0.39 is 0 Å². The van der Waals surface area contributed by atoms with E-state index in [1.54, 1.807) is 0 Å². The topological polar surface area (TPSA) is 4.93 Å². The molecule has 3 aromatic carbocycles. The average molecular weight is 440 g/mol. The summed E-state index contributed by atoms with van der Waals surface area (Å²) in [5, 5.41) is 1.39. The molecule has 5 rings (SSSR count). The molecular weight excluding hydrogens is 426 g/mol. The summed E-state index contributed by atoms with van der Waals surface area (Å²) in [6.45, 7) is 0. The van der Waals surface area contributed by atoms with E-state index in [-0.39, 0.29) is 24.8 Å². The van der Waals surface area contributed by atoms with E-state index in [1.807, 2.05) is 0 Å². The van der Waals surface area contributed by atoms with Crippen molar-refractivity contribution >= 4 is 13.3 Å². The number of nitrogens with zero attached hydrogens (tertiary/aromatic N) is 1. The zero-order valence-electron chi connectivity index (χ0n) is 13.4. The van der Waals surface area contributed by atoms with Crippen molar-refractivity contribution in [2.24, 2.45) is 0 Å². The van der Waals surface area contributed by atoms with Gasteiger partial charge in [-0.05, 0) is 0 Å². The third-order valence-corrected chi connectivity index (χ3v) is 6.14. The van der Waals surface area contributed by atoms with Crippen LogP contribution in [0.4, 0.5) is 0 Å². The first-order chi connectivity index (χ1) is 11.3. The monoisotopic (exact) mass is 439 g/mol. The van der Waals surface area contributed by atoms with E-state index in [1.165, 1.54) is 72.3 Å². The van der Waals surface area contributed by atoms with Crippen LogP contribution >= 0.6 is 0 Å². The Kier molecular flexibility index (Phi) is 5.41. The van der Waals surface area contributed by atoms with E-state index in [0.29, 0.717) is 0 Å². The van der Waals surface area contributed by atoms with Crippen molar-refractivity contribution in [3.8, 4) is 16.9 Å². The Hall–Kier alpha value is -1.12. The molecule has 1 aromatic heterocycles. The second kappa shape index (κ2) is 7.25. The first-order valence-corrected chi connectivity index (χ1v) is 9.32. The molecule has 0 saturated heterocycles. The number of halogens is 2. The Bertz CT molecular complexity index is 1050. The molecule has 0 radical (unpaired) electrons. The molecule has 0 atom stereocenters. The molecule has 1 nitrogen and oxygen atoms in total. The molecule has 0 fully saturated rings. The normalized spacial score (nSPS) is 11.4. The van der Waals surface area contributed by atoms with Crippen LogP contribution < -0.4 is 27.2 Å². The maximum atomic E-state index is 2.44. The van der Waals surface area contributed by atoms with E-state index in [2.05, 4.69) is 77.4 Å². The summed E-state index contributed by atoms with van der Waals surface area (Å²) in [5.41, 5.74) is 8.40. The molecule has 4 heteroatoms. The number of rotatable bonds is 1. The molecule has 0 spiro atoms. The zero-order chi connectivity index (χ0) is 15.4. The summed E-state index contributed by atoms with van der Waals surface area (Å²) in [5.74, 6) is 0. The van der Waals surface area contributed by atoms with Crippen LogP contribution in [0.1, 0.15) is 11.1 Å². The minimum atomic E-state index is 0. The van der Waals surface area contributed by atoms with E-state index in [0.717, 1.165) is 6.42 Å². The molecule has 4 aromatic rings. The summed E-state index contributed by atoms with van der Waals surface area (Å²) in [6.07, 6.45) is 1.07. The van der Waals surface area contributed by atoms with Crippen molar-refractivity contribution in [3.05, 3.63) is 83.9 Å². The van der Waals surface area contributed by atoms with Gasteiger partial charge in [-0.2, -0.15) is 0 Å². The van der Waals surface area contributed by atoms with Gasteiger partial charge < -0.3 is 24.8 Å². The first-order valence-electron chi connectivity index (χ1n) is 7.90. The number of para-hydroxylation sites is 2. The molecule has 1 aliphatic carbocycles. The predicted molar refractivity (Wildman–Crippen MR) is 91.2 cm³/mol. The van der Waals surface area contributed by atoms with Crippen LogP contribution in [0, 0.1) is 0 Å². The van der Waals surface area contributed by atoms with Crippen LogP contribution in [0.15, 0.2) is 72.8 Å². The third kappa shape index (κ3) is 2.78. The van der Waals surface area contributed by atoms with Crippen molar-refractivity contribution in [1.29, 1.82) is 0 Å². The Morgan fingerprint density at radius 3 is 2.24 bits per heavy atom. The summed E-state index contributed by atoms with van der Waals surface area (Å²) < 4.78 is 3.96. The van der Waals surface area contributed by atoms with Crippen LogP contribution in [-0.4, -0.2) is 4.57 Å². The average Bonchev–Trinajstić information content (AvgIpc) is 3.12. The van der Waals surface area contributed by atoms with Gasteiger partial charge in [0.15, 0.2) is 0 Å². The Morgan fingerprint density at radius 2 is 1.44 bits per heavy atom. The fourth-order valence-corrected chi connectivity index (χ4v) is 4.72. The van der Waals surface area contributed by atoms with E-state index in [4.69, 9.17) is 0 Å². The molecule has 120 valence electrons. The fraction of sp³-hybridized carbons (Fsp3) is 0.0476. The summed E-state index contributed by atoms with van der Waals surface area (Å²) in [4.78, 5) is 0. The zero-order valence-corrected chi connectivity index (χ0v) is 17.8. The molecule has 0 aliphatic heterocycles. The van der Waals surface area contributed by atoms with Gasteiger partial charge in [0.2, 0.25) is 0 Å². The van der Waals surface area contributed by atoms with Crippen LogP contribution in [0.5, 0.6) is 0 Å². The van der Waals surface area contributed by atoms with Gasteiger partial charge in [0, 0.05) is 0 Å². The van der Waals surface area contributed by atoms with Crippen molar-refractivity contribution < 1.29 is 55.8 Å².